The number of benzene rings is 2. The summed E-state index contributed by atoms with van der Waals surface area (Å²) in [6.07, 6.45) is 0.411. The molecule has 2 rings (SSSR count). The number of aliphatic carboxylic acids is 1. The first kappa shape index (κ1) is 17.7. The molecule has 0 heterocycles. The predicted molar refractivity (Wildman–Crippen MR) is 90.5 cm³/mol. The first-order chi connectivity index (χ1) is 11.3. The number of hydrogen-bond donors (Lipinski definition) is 2. The molecule has 1 amide bonds. The molecule has 24 heavy (non-hydrogen) atoms. The molecular weight excluding hydrogens is 309 g/mol. The summed E-state index contributed by atoms with van der Waals surface area (Å²) in [5, 5.41) is 11.5. The number of carboxylic acids is 1. The standard InChI is InChI=1S/C19H20FNO3/c1-19(2,15-8-3-4-9-16(15)20)18(24)21-14-7-5-6-13(12-14)10-11-17(22)23/h3-9,12H,10-11H2,1-2H3,(H,21,24)(H,22,23). The largest absolute Gasteiger partial charge is 0.481 e. The quantitative estimate of drug-likeness (QED) is 0.848. The zero-order chi connectivity index (χ0) is 17.7. The summed E-state index contributed by atoms with van der Waals surface area (Å²) in [7, 11) is 0. The number of halogens is 1. The van der Waals surface area contributed by atoms with Crippen molar-refractivity contribution in [3.63, 3.8) is 0 Å². The SMILES string of the molecule is CC(C)(C(=O)Nc1cccc(CCC(=O)O)c1)c1ccccc1F. The summed E-state index contributed by atoms with van der Waals surface area (Å²) in [5.74, 6) is -1.62. The van der Waals surface area contributed by atoms with E-state index in [-0.39, 0.29) is 12.3 Å². The Morgan fingerprint density at radius 2 is 1.83 bits per heavy atom. The Labute approximate surface area is 140 Å². The topological polar surface area (TPSA) is 66.4 Å². The average molecular weight is 329 g/mol. The number of carbonyl (C=O) groups is 2. The molecule has 0 aliphatic heterocycles. The van der Waals surface area contributed by atoms with Crippen LogP contribution in [0.3, 0.4) is 0 Å². The molecule has 4 nitrogen and oxygen atoms in total. The number of aryl methyl sites for hydroxylation is 1. The van der Waals surface area contributed by atoms with E-state index >= 15 is 0 Å². The first-order valence-corrected chi connectivity index (χ1v) is 7.68. The molecule has 0 unspecified atom stereocenters. The van der Waals surface area contributed by atoms with Gasteiger partial charge in [-0.15, -0.1) is 0 Å². The molecule has 0 bridgehead atoms. The van der Waals surface area contributed by atoms with Gasteiger partial charge in [0.05, 0.1) is 5.41 Å². The summed E-state index contributed by atoms with van der Waals surface area (Å²) in [6, 6.07) is 13.2. The summed E-state index contributed by atoms with van der Waals surface area (Å²) < 4.78 is 14.0. The fourth-order valence-electron chi connectivity index (χ4n) is 2.43. The van der Waals surface area contributed by atoms with Crippen LogP contribution in [0, 0.1) is 5.82 Å². The molecule has 5 heteroatoms. The lowest BCUT2D eigenvalue weighted by Gasteiger charge is -2.24. The van der Waals surface area contributed by atoms with Crippen molar-refractivity contribution in [1.29, 1.82) is 0 Å². The lowest BCUT2D eigenvalue weighted by atomic mass is 9.83. The summed E-state index contributed by atoms with van der Waals surface area (Å²) in [4.78, 5) is 23.2. The molecule has 0 aromatic heterocycles. The molecule has 2 aromatic rings. The summed E-state index contributed by atoms with van der Waals surface area (Å²) >= 11 is 0. The van der Waals surface area contributed by atoms with E-state index in [2.05, 4.69) is 5.32 Å². The maximum Gasteiger partial charge on any atom is 0.303 e. The summed E-state index contributed by atoms with van der Waals surface area (Å²) in [6.45, 7) is 3.32. The molecule has 0 radical (unpaired) electrons. The number of amides is 1. The highest BCUT2D eigenvalue weighted by Gasteiger charge is 2.32. The van der Waals surface area contributed by atoms with E-state index < -0.39 is 17.2 Å². The molecule has 2 N–H and O–H groups in total. The lowest BCUT2D eigenvalue weighted by molar-refractivity contribution is -0.137. The van der Waals surface area contributed by atoms with Crippen molar-refractivity contribution in [3.8, 4) is 0 Å². The minimum atomic E-state index is -1.04. The van der Waals surface area contributed by atoms with E-state index in [1.807, 2.05) is 0 Å². The van der Waals surface area contributed by atoms with Gasteiger partial charge in [-0.2, -0.15) is 0 Å². The van der Waals surface area contributed by atoms with Crippen LogP contribution in [0.15, 0.2) is 48.5 Å². The molecule has 126 valence electrons. The van der Waals surface area contributed by atoms with E-state index in [0.717, 1.165) is 5.56 Å². The monoisotopic (exact) mass is 329 g/mol. The maximum atomic E-state index is 14.0. The second-order valence-corrected chi connectivity index (χ2v) is 6.15. The molecule has 0 saturated heterocycles. The molecule has 0 saturated carbocycles. The minimum Gasteiger partial charge on any atom is -0.481 e. The van der Waals surface area contributed by atoms with Gasteiger partial charge in [-0.3, -0.25) is 9.59 Å². The van der Waals surface area contributed by atoms with E-state index in [1.54, 1.807) is 56.3 Å². The third kappa shape index (κ3) is 4.19. The smallest absolute Gasteiger partial charge is 0.303 e. The third-order valence-electron chi connectivity index (χ3n) is 3.93. The highest BCUT2D eigenvalue weighted by molar-refractivity contribution is 5.98. The summed E-state index contributed by atoms with van der Waals surface area (Å²) in [5.41, 5.74) is 0.665. The van der Waals surface area contributed by atoms with Crippen molar-refractivity contribution < 1.29 is 19.1 Å². The van der Waals surface area contributed by atoms with Gasteiger partial charge in [0.1, 0.15) is 5.82 Å². The van der Waals surface area contributed by atoms with E-state index in [4.69, 9.17) is 5.11 Å². The zero-order valence-electron chi connectivity index (χ0n) is 13.7. The second kappa shape index (κ2) is 7.25. The van der Waals surface area contributed by atoms with Gasteiger partial charge in [0.25, 0.3) is 0 Å². The number of anilines is 1. The fraction of sp³-hybridized carbons (Fsp3) is 0.263. The third-order valence-corrected chi connectivity index (χ3v) is 3.93. The zero-order valence-corrected chi connectivity index (χ0v) is 13.7. The minimum absolute atomic E-state index is 0.0259. The van der Waals surface area contributed by atoms with E-state index in [1.165, 1.54) is 6.07 Å². The number of hydrogen-bond acceptors (Lipinski definition) is 2. The lowest BCUT2D eigenvalue weighted by Crippen LogP contribution is -2.35. The van der Waals surface area contributed by atoms with Crippen LogP contribution in [0.25, 0.3) is 0 Å². The van der Waals surface area contributed by atoms with Crippen LogP contribution in [-0.4, -0.2) is 17.0 Å². The highest BCUT2D eigenvalue weighted by atomic mass is 19.1. The number of carbonyl (C=O) groups excluding carboxylic acids is 1. The molecule has 0 fully saturated rings. The van der Waals surface area contributed by atoms with Gasteiger partial charge in [-0.1, -0.05) is 30.3 Å². The van der Waals surface area contributed by atoms with Gasteiger partial charge in [0.2, 0.25) is 5.91 Å². The number of nitrogens with one attached hydrogen (secondary N) is 1. The van der Waals surface area contributed by atoms with Crippen LogP contribution < -0.4 is 5.32 Å². The molecule has 0 aliphatic rings. The predicted octanol–water partition coefficient (Wildman–Crippen LogP) is 3.76. The van der Waals surface area contributed by atoms with Crippen molar-refractivity contribution in [1.82, 2.24) is 0 Å². The van der Waals surface area contributed by atoms with Gasteiger partial charge >= 0.3 is 5.97 Å². The highest BCUT2D eigenvalue weighted by Crippen LogP contribution is 2.27. The van der Waals surface area contributed by atoms with Crippen LogP contribution in [-0.2, 0) is 21.4 Å². The van der Waals surface area contributed by atoms with Crippen molar-refractivity contribution in [2.75, 3.05) is 5.32 Å². The Morgan fingerprint density at radius 1 is 1.12 bits per heavy atom. The van der Waals surface area contributed by atoms with Crippen LogP contribution in [0.1, 0.15) is 31.4 Å². The fourth-order valence-corrected chi connectivity index (χ4v) is 2.43. The molecule has 0 aliphatic carbocycles. The molecule has 0 spiro atoms. The molecular formula is C19H20FNO3. The number of carboxylic acid groups (broad SMARTS) is 1. The van der Waals surface area contributed by atoms with Crippen LogP contribution >= 0.6 is 0 Å². The second-order valence-electron chi connectivity index (χ2n) is 6.15. The van der Waals surface area contributed by atoms with Gasteiger partial charge in [0.15, 0.2) is 0 Å². The maximum absolute atomic E-state index is 14.0. The first-order valence-electron chi connectivity index (χ1n) is 7.68. The Balaban J connectivity index is 2.15. The van der Waals surface area contributed by atoms with Crippen LogP contribution in [0.2, 0.25) is 0 Å². The Morgan fingerprint density at radius 3 is 2.50 bits per heavy atom. The Hall–Kier alpha value is -2.69. The van der Waals surface area contributed by atoms with E-state index in [9.17, 15) is 14.0 Å². The molecule has 2 aromatic carbocycles. The molecule has 0 atom stereocenters. The van der Waals surface area contributed by atoms with Gasteiger partial charge in [-0.25, -0.2) is 4.39 Å². The van der Waals surface area contributed by atoms with Crippen molar-refractivity contribution in [3.05, 3.63) is 65.5 Å². The van der Waals surface area contributed by atoms with Crippen molar-refractivity contribution >= 4 is 17.6 Å². The van der Waals surface area contributed by atoms with Gasteiger partial charge in [0, 0.05) is 17.7 Å². The number of rotatable bonds is 6. The normalized spacial score (nSPS) is 11.1. The van der Waals surface area contributed by atoms with E-state index in [0.29, 0.717) is 17.7 Å². The average Bonchev–Trinajstić information content (AvgIpc) is 2.53. The van der Waals surface area contributed by atoms with Crippen molar-refractivity contribution in [2.45, 2.75) is 32.1 Å². The van der Waals surface area contributed by atoms with Crippen molar-refractivity contribution in [2.24, 2.45) is 0 Å². The van der Waals surface area contributed by atoms with Gasteiger partial charge in [-0.05, 0) is 44.0 Å². The van der Waals surface area contributed by atoms with Crippen LogP contribution in [0.4, 0.5) is 10.1 Å². The Kier molecular flexibility index (Phi) is 5.34. The van der Waals surface area contributed by atoms with Crippen LogP contribution in [0.5, 0.6) is 0 Å². The van der Waals surface area contributed by atoms with Gasteiger partial charge < -0.3 is 10.4 Å². The Bertz CT molecular complexity index is 756.